The average Bonchev–Trinajstić information content (AvgIpc) is 3.49. The second kappa shape index (κ2) is 21.7. The van der Waals surface area contributed by atoms with Crippen LogP contribution in [0.5, 0.6) is 0 Å². The van der Waals surface area contributed by atoms with E-state index in [1.54, 1.807) is 0 Å². The number of esters is 1. The third kappa shape index (κ3) is 11.5. The molecule has 6 aliphatic rings. The second-order valence-electron chi connectivity index (χ2n) is 18.1. The van der Waals surface area contributed by atoms with Gasteiger partial charge in [-0.1, -0.05) is 89.7 Å². The van der Waals surface area contributed by atoms with Crippen LogP contribution in [0, 0.1) is 5.92 Å². The highest BCUT2D eigenvalue weighted by Gasteiger charge is 2.64. The van der Waals surface area contributed by atoms with Gasteiger partial charge in [-0.2, -0.15) is 0 Å². The Balaban J connectivity index is 0.840. The van der Waals surface area contributed by atoms with Gasteiger partial charge in [0.1, 0.15) is 0 Å². The zero-order chi connectivity index (χ0) is 39.2. The molecule has 8 atom stereocenters. The summed E-state index contributed by atoms with van der Waals surface area (Å²) in [6, 6.07) is 0.415. The van der Waals surface area contributed by atoms with Crippen molar-refractivity contribution in [1.29, 1.82) is 0 Å². The van der Waals surface area contributed by atoms with Crippen LogP contribution in [-0.2, 0) is 19.0 Å². The maximum absolute atomic E-state index is 14.1. The first-order valence-electron chi connectivity index (χ1n) is 23.4. The highest BCUT2D eigenvalue weighted by molar-refractivity contribution is 5.83. The van der Waals surface area contributed by atoms with Gasteiger partial charge in [-0.15, -0.1) is 0 Å². The van der Waals surface area contributed by atoms with E-state index in [1.165, 1.54) is 76.5 Å². The number of nitrogens with one attached hydrogen (secondary N) is 2. The van der Waals surface area contributed by atoms with Crippen molar-refractivity contribution >= 4 is 17.8 Å². The molecule has 6 heterocycles. The largest absolute Gasteiger partial charge is 0.465 e. The highest BCUT2D eigenvalue weighted by atomic mass is 16.6. The fourth-order valence-electron chi connectivity index (χ4n) is 10.7. The van der Waals surface area contributed by atoms with Crippen molar-refractivity contribution in [3.63, 3.8) is 0 Å². The van der Waals surface area contributed by atoms with Crippen LogP contribution >= 0.6 is 0 Å². The van der Waals surface area contributed by atoms with Crippen molar-refractivity contribution in [3.05, 3.63) is 12.2 Å². The molecule has 0 aromatic carbocycles. The first kappa shape index (κ1) is 43.4. The van der Waals surface area contributed by atoms with Gasteiger partial charge < -0.3 is 30.0 Å². The maximum atomic E-state index is 14.1. The summed E-state index contributed by atoms with van der Waals surface area (Å²) in [6.45, 7) is 7.99. The van der Waals surface area contributed by atoms with E-state index in [4.69, 9.17) is 24.9 Å². The first-order valence-corrected chi connectivity index (χ1v) is 23.4. The smallest absolute Gasteiger partial charge is 0.350 e. The lowest BCUT2D eigenvalue weighted by molar-refractivity contribution is -0.609. The predicted octanol–water partition coefficient (Wildman–Crippen LogP) is 7.04. The molecule has 11 nitrogen and oxygen atoms in total. The second-order valence-corrected chi connectivity index (χ2v) is 18.1. The Bertz CT molecular complexity index is 1330. The number of rotatable bonds is 22. The number of aliphatic imine (C=N–C) groups is 1. The number of amidine groups is 1. The molecule has 0 bridgehead atoms. The SMILES string of the molecule is CC[C@H]1C=CCC[C@@]2(C[C@@H]3CC[C@@H]4[C@H](C(=O)OCCCCCCCCCCCCCCCC5=NCCCN5C[C@@H](O)CCN)[C@]5(CCC[C@@H](C)O5)NC(=[N+]34)N2)O1. The van der Waals surface area contributed by atoms with Crippen LogP contribution in [0.15, 0.2) is 17.1 Å². The molecule has 0 aliphatic carbocycles. The van der Waals surface area contributed by atoms with E-state index < -0.39 is 11.4 Å². The number of aliphatic hydroxyl groups excluding tert-OH is 1. The minimum Gasteiger partial charge on any atom is -0.465 e. The van der Waals surface area contributed by atoms with Gasteiger partial charge in [0.2, 0.25) is 5.72 Å². The Kier molecular flexibility index (Phi) is 16.8. The summed E-state index contributed by atoms with van der Waals surface area (Å²) in [7, 11) is 0. The molecular formula is C45H79N6O5+. The number of nitrogens with two attached hydrogens (primary N) is 1. The number of guanidine groups is 1. The lowest BCUT2D eigenvalue weighted by atomic mass is 9.80. The van der Waals surface area contributed by atoms with Gasteiger partial charge in [0.25, 0.3) is 0 Å². The number of aliphatic hydroxyl groups is 1. The maximum Gasteiger partial charge on any atom is 0.350 e. The molecule has 5 N–H and O–H groups in total. The number of carbonyl (C=O) groups is 1. The third-order valence-corrected chi connectivity index (χ3v) is 13.6. The van der Waals surface area contributed by atoms with Gasteiger partial charge in [-0.25, -0.2) is 10.6 Å². The van der Waals surface area contributed by atoms with E-state index in [9.17, 15) is 9.90 Å². The Morgan fingerprint density at radius 1 is 1.00 bits per heavy atom. The summed E-state index contributed by atoms with van der Waals surface area (Å²) in [5.41, 5.74) is 4.47. The number of unbranched alkanes of at least 4 members (excludes halogenated alkanes) is 12. The van der Waals surface area contributed by atoms with E-state index in [2.05, 4.69) is 46.1 Å². The van der Waals surface area contributed by atoms with Gasteiger partial charge in [-0.05, 0) is 77.7 Å². The van der Waals surface area contributed by atoms with E-state index in [1.807, 2.05) is 0 Å². The molecule has 11 heteroatoms. The quantitative estimate of drug-likeness (QED) is 0.0395. The Labute approximate surface area is 339 Å². The van der Waals surface area contributed by atoms with Gasteiger partial charge >= 0.3 is 11.9 Å². The molecule has 2 saturated heterocycles. The van der Waals surface area contributed by atoms with E-state index >= 15 is 0 Å². The van der Waals surface area contributed by atoms with Crippen LogP contribution < -0.4 is 16.4 Å². The van der Waals surface area contributed by atoms with Gasteiger partial charge in [-0.3, -0.25) is 14.4 Å². The van der Waals surface area contributed by atoms with Gasteiger partial charge in [0.05, 0.1) is 42.8 Å². The number of ether oxygens (including phenoxy) is 3. The van der Waals surface area contributed by atoms with Crippen molar-refractivity contribution in [2.45, 2.75) is 216 Å². The minimum atomic E-state index is -0.748. The van der Waals surface area contributed by atoms with Crippen molar-refractivity contribution in [2.24, 2.45) is 16.6 Å². The molecule has 0 aromatic heterocycles. The highest BCUT2D eigenvalue weighted by Crippen LogP contribution is 2.45. The van der Waals surface area contributed by atoms with Crippen LogP contribution in [0.1, 0.15) is 174 Å². The van der Waals surface area contributed by atoms with Crippen molar-refractivity contribution < 1.29 is 28.7 Å². The molecule has 0 unspecified atom stereocenters. The molecule has 2 fully saturated rings. The molecule has 2 spiro atoms. The number of carbonyl (C=O) groups excluding carboxylic acids is 1. The lowest BCUT2D eigenvalue weighted by Gasteiger charge is -2.50. The standard InChI is InChI=1S/C45H78N6O5/c1-3-38-22-16-17-27-44(56-38)33-36-24-25-39-41(45(28-19-21-35(2)55-45)49-43(48-44)51(36)39)42(53)54-32-18-14-12-10-8-6-4-5-7-9-11-13-15-23-40-47-30-20-31-50(40)34-37(52)26-29-46/h16,22,35-39,41,52H,3-15,17-21,23-34,46H2,1-2H3,(H,48,49)/p+1/t35-,36+,37+,38+,39-,41-,44+,45-/m1/s1. The van der Waals surface area contributed by atoms with Crippen LogP contribution in [0.25, 0.3) is 0 Å². The van der Waals surface area contributed by atoms with E-state index in [0.29, 0.717) is 32.2 Å². The van der Waals surface area contributed by atoms with Crippen molar-refractivity contribution in [2.75, 3.05) is 32.8 Å². The summed E-state index contributed by atoms with van der Waals surface area (Å²) in [5.74, 6) is 1.77. The average molecular weight is 784 g/mol. The van der Waals surface area contributed by atoms with Gasteiger partial charge in [0, 0.05) is 45.3 Å². The zero-order valence-corrected chi connectivity index (χ0v) is 35.3. The fraction of sp³-hybridized carbons (Fsp3) is 0.889. The summed E-state index contributed by atoms with van der Waals surface area (Å²) < 4.78 is 22.2. The third-order valence-electron chi connectivity index (χ3n) is 13.6. The normalized spacial score (nSPS) is 31.8. The number of hydrogen-bond donors (Lipinski definition) is 4. The van der Waals surface area contributed by atoms with Crippen LogP contribution in [0.2, 0.25) is 0 Å². The Hall–Kier alpha value is -2.21. The molecule has 0 radical (unpaired) electrons. The van der Waals surface area contributed by atoms with Crippen LogP contribution in [-0.4, -0.2) is 107 Å². The number of hydrogen-bond acceptors (Lipinski definition) is 10. The number of nitrogens with zero attached hydrogens (tertiary/aromatic N) is 3. The van der Waals surface area contributed by atoms with Gasteiger partial charge in [0.15, 0.2) is 11.6 Å². The topological polar surface area (TPSA) is 134 Å². The molecule has 0 amide bonds. The monoisotopic (exact) mass is 784 g/mol. The lowest BCUT2D eigenvalue weighted by Crippen LogP contribution is -2.76. The van der Waals surface area contributed by atoms with Crippen LogP contribution in [0.3, 0.4) is 0 Å². The molecule has 0 saturated carbocycles. The summed E-state index contributed by atoms with van der Waals surface area (Å²) in [5, 5.41) is 17.9. The molecule has 318 valence electrons. The Morgan fingerprint density at radius 2 is 1.73 bits per heavy atom. The minimum absolute atomic E-state index is 0.0752. The molecular weight excluding hydrogens is 705 g/mol. The van der Waals surface area contributed by atoms with Crippen molar-refractivity contribution in [1.82, 2.24) is 15.5 Å². The fourth-order valence-corrected chi connectivity index (χ4v) is 10.7. The Morgan fingerprint density at radius 3 is 2.45 bits per heavy atom. The number of allylic oxidation sites excluding steroid dienone is 1. The van der Waals surface area contributed by atoms with E-state index in [0.717, 1.165) is 103 Å². The zero-order valence-electron chi connectivity index (χ0n) is 35.3. The number of β-amino-alcohol motifs (C(OH)–C–C–N with tert-alkyl or cyclic N) is 1. The molecule has 56 heavy (non-hydrogen) atoms. The van der Waals surface area contributed by atoms with Crippen molar-refractivity contribution in [3.8, 4) is 0 Å². The first-order chi connectivity index (χ1) is 27.4. The molecule has 0 aromatic rings. The molecule has 6 aliphatic heterocycles. The summed E-state index contributed by atoms with van der Waals surface area (Å²) in [6.07, 6.45) is 32.2. The summed E-state index contributed by atoms with van der Waals surface area (Å²) >= 11 is 0. The van der Waals surface area contributed by atoms with E-state index in [-0.39, 0.29) is 36.2 Å². The molecule has 6 rings (SSSR count). The summed E-state index contributed by atoms with van der Waals surface area (Å²) in [4.78, 5) is 21.1. The van der Waals surface area contributed by atoms with Crippen LogP contribution in [0.4, 0.5) is 0 Å². The predicted molar refractivity (Wildman–Crippen MR) is 224 cm³/mol.